The number of aryl methyl sites for hydroxylation is 1. The molecule has 0 spiro atoms. The number of hydrogen-bond donors (Lipinski definition) is 0. The van der Waals surface area contributed by atoms with Crippen LogP contribution in [0.4, 0.5) is 0 Å². The van der Waals surface area contributed by atoms with Crippen LogP contribution < -0.4 is 0 Å². The maximum absolute atomic E-state index is 11.4. The Morgan fingerprint density at radius 1 is 1.31 bits per heavy atom. The molecule has 2 nitrogen and oxygen atoms in total. The van der Waals surface area contributed by atoms with Gasteiger partial charge in [0.25, 0.3) is 0 Å². The highest BCUT2D eigenvalue weighted by atomic mass is 32.2. The molecule has 0 atom stereocenters. The lowest BCUT2D eigenvalue weighted by atomic mass is 10.2. The van der Waals surface area contributed by atoms with Crippen molar-refractivity contribution in [2.24, 2.45) is 0 Å². The van der Waals surface area contributed by atoms with E-state index >= 15 is 0 Å². The molecular formula is C10H11O2S-. The molecule has 0 aliphatic carbocycles. The summed E-state index contributed by atoms with van der Waals surface area (Å²) in [5, 5.41) is 0. The Balaban J connectivity index is 3.08. The predicted octanol–water partition coefficient (Wildman–Crippen LogP) is 2.12. The van der Waals surface area contributed by atoms with Crippen molar-refractivity contribution in [3.63, 3.8) is 0 Å². The van der Waals surface area contributed by atoms with Crippen molar-refractivity contribution in [2.45, 2.75) is 11.8 Å². The molecule has 0 heterocycles. The second kappa shape index (κ2) is 3.66. The summed E-state index contributed by atoms with van der Waals surface area (Å²) in [7, 11) is -3.27. The minimum Gasteiger partial charge on any atom is -0.244 e. The fourth-order valence-corrected chi connectivity index (χ4v) is 1.86. The van der Waals surface area contributed by atoms with Crippen molar-refractivity contribution < 1.29 is 8.42 Å². The number of sulfone groups is 1. The molecule has 0 aromatic heterocycles. The third-order valence-electron chi connectivity index (χ3n) is 1.62. The summed E-state index contributed by atoms with van der Waals surface area (Å²) in [6, 6.07) is 6.71. The number of hydrogen-bond acceptors (Lipinski definition) is 2. The molecule has 0 unspecified atom stereocenters. The first kappa shape index (κ1) is 9.86. The molecule has 13 heavy (non-hydrogen) atoms. The fourth-order valence-electron chi connectivity index (χ4n) is 0.933. The standard InChI is InChI=1S/C10H11O2S/c1-3-8-13(11,12)10-6-4-9(2)5-7-10/h3-8H,1H2,2H3/q-1. The highest BCUT2D eigenvalue weighted by Gasteiger charge is 2.05. The van der Waals surface area contributed by atoms with E-state index in [4.69, 9.17) is 0 Å². The lowest BCUT2D eigenvalue weighted by Crippen LogP contribution is -1.99. The van der Waals surface area contributed by atoms with Gasteiger partial charge < -0.3 is 0 Å². The largest absolute Gasteiger partial charge is 0.244 e. The Bertz CT molecular complexity index is 387. The molecule has 70 valence electrons. The van der Waals surface area contributed by atoms with Crippen LogP contribution in [-0.4, -0.2) is 8.42 Å². The summed E-state index contributed by atoms with van der Waals surface area (Å²) >= 11 is 0. The summed E-state index contributed by atoms with van der Waals surface area (Å²) in [5.41, 5.74) is 1.04. The van der Waals surface area contributed by atoms with Gasteiger partial charge in [0.05, 0.1) is 4.90 Å². The summed E-state index contributed by atoms with van der Waals surface area (Å²) < 4.78 is 22.8. The van der Waals surface area contributed by atoms with Crippen molar-refractivity contribution in [1.29, 1.82) is 0 Å². The van der Waals surface area contributed by atoms with Gasteiger partial charge in [0.15, 0.2) is 0 Å². The van der Waals surface area contributed by atoms with Gasteiger partial charge in [0.2, 0.25) is 0 Å². The van der Waals surface area contributed by atoms with Gasteiger partial charge in [-0.05, 0) is 19.1 Å². The molecule has 1 aromatic rings. The molecule has 0 saturated heterocycles. The molecule has 0 amide bonds. The Morgan fingerprint density at radius 3 is 2.31 bits per heavy atom. The van der Waals surface area contributed by atoms with Gasteiger partial charge in [0, 0.05) is 0 Å². The molecular weight excluding hydrogens is 184 g/mol. The second-order valence-corrected chi connectivity index (χ2v) is 4.56. The SMILES string of the molecule is C=C[CH-]S(=O)(=O)c1ccc(C)cc1. The molecule has 0 bridgehead atoms. The van der Waals surface area contributed by atoms with E-state index in [0.29, 0.717) is 4.90 Å². The van der Waals surface area contributed by atoms with Crippen LogP contribution in [0.5, 0.6) is 0 Å². The fraction of sp³-hybridized carbons (Fsp3) is 0.100. The molecule has 0 aliphatic heterocycles. The quantitative estimate of drug-likeness (QED) is 0.692. The Hall–Kier alpha value is -1.22. The molecule has 1 aromatic carbocycles. The van der Waals surface area contributed by atoms with Crippen molar-refractivity contribution in [3.8, 4) is 0 Å². The van der Waals surface area contributed by atoms with Crippen LogP contribution in [0.3, 0.4) is 0 Å². The van der Waals surface area contributed by atoms with Gasteiger partial charge in [-0.3, -0.25) is 0 Å². The van der Waals surface area contributed by atoms with Crippen molar-refractivity contribution in [1.82, 2.24) is 0 Å². The van der Waals surface area contributed by atoms with Gasteiger partial charge in [-0.15, -0.1) is 5.75 Å². The van der Waals surface area contributed by atoms with E-state index < -0.39 is 9.84 Å². The monoisotopic (exact) mass is 195 g/mol. The summed E-state index contributed by atoms with van der Waals surface area (Å²) in [6.45, 7) is 5.26. The van der Waals surface area contributed by atoms with Gasteiger partial charge >= 0.3 is 0 Å². The van der Waals surface area contributed by atoms with E-state index in [-0.39, 0.29) is 0 Å². The molecule has 0 saturated carbocycles. The second-order valence-electron chi connectivity index (χ2n) is 2.73. The molecule has 1 rings (SSSR count). The summed E-state index contributed by atoms with van der Waals surface area (Å²) in [5.74, 6) is 1.09. The van der Waals surface area contributed by atoms with E-state index in [9.17, 15) is 8.42 Å². The Labute approximate surface area is 78.8 Å². The van der Waals surface area contributed by atoms with Crippen LogP contribution in [0, 0.1) is 12.7 Å². The van der Waals surface area contributed by atoms with Crippen molar-refractivity contribution >= 4 is 9.84 Å². The minimum atomic E-state index is -3.27. The normalized spacial score (nSPS) is 10.8. The maximum Gasteiger partial charge on any atom is 0.133 e. The third-order valence-corrected chi connectivity index (χ3v) is 3.10. The smallest absolute Gasteiger partial charge is 0.133 e. The Kier molecular flexibility index (Phi) is 2.78. The first-order valence-corrected chi connectivity index (χ1v) is 5.38. The van der Waals surface area contributed by atoms with E-state index in [1.165, 1.54) is 6.08 Å². The predicted molar refractivity (Wildman–Crippen MR) is 52.9 cm³/mol. The average molecular weight is 195 g/mol. The zero-order valence-electron chi connectivity index (χ0n) is 7.40. The van der Waals surface area contributed by atoms with Gasteiger partial charge in [-0.25, -0.2) is 21.1 Å². The first-order chi connectivity index (χ1) is 6.06. The topological polar surface area (TPSA) is 34.1 Å². The zero-order valence-corrected chi connectivity index (χ0v) is 8.21. The first-order valence-electron chi connectivity index (χ1n) is 3.84. The molecule has 0 aliphatic rings. The van der Waals surface area contributed by atoms with Crippen LogP contribution >= 0.6 is 0 Å². The number of rotatable bonds is 3. The van der Waals surface area contributed by atoms with E-state index in [1.54, 1.807) is 24.3 Å². The van der Waals surface area contributed by atoms with Crippen molar-refractivity contribution in [3.05, 3.63) is 48.2 Å². The third kappa shape index (κ3) is 2.36. The van der Waals surface area contributed by atoms with Crippen molar-refractivity contribution in [2.75, 3.05) is 0 Å². The average Bonchev–Trinajstić information content (AvgIpc) is 2.05. The van der Waals surface area contributed by atoms with Crippen LogP contribution in [0.1, 0.15) is 5.56 Å². The summed E-state index contributed by atoms with van der Waals surface area (Å²) in [4.78, 5) is 0.304. The minimum absolute atomic E-state index is 0.304. The van der Waals surface area contributed by atoms with E-state index in [2.05, 4.69) is 6.58 Å². The van der Waals surface area contributed by atoms with Gasteiger partial charge in [-0.1, -0.05) is 17.7 Å². The van der Waals surface area contributed by atoms with Crippen LogP contribution in [0.25, 0.3) is 0 Å². The lowest BCUT2D eigenvalue weighted by molar-refractivity contribution is 0.602. The van der Waals surface area contributed by atoms with Crippen LogP contribution in [0.15, 0.2) is 41.8 Å². The van der Waals surface area contributed by atoms with Crippen LogP contribution in [-0.2, 0) is 9.84 Å². The Morgan fingerprint density at radius 2 is 1.85 bits per heavy atom. The van der Waals surface area contributed by atoms with Gasteiger partial charge in [-0.2, -0.15) is 0 Å². The number of benzene rings is 1. The van der Waals surface area contributed by atoms with E-state index in [1.807, 2.05) is 6.92 Å². The highest BCUT2D eigenvalue weighted by Crippen LogP contribution is 2.14. The van der Waals surface area contributed by atoms with E-state index in [0.717, 1.165) is 11.3 Å². The lowest BCUT2D eigenvalue weighted by Gasteiger charge is -2.05. The molecule has 0 radical (unpaired) electrons. The van der Waals surface area contributed by atoms with Gasteiger partial charge in [0.1, 0.15) is 9.84 Å². The molecule has 0 N–H and O–H groups in total. The maximum atomic E-state index is 11.4. The molecule has 3 heteroatoms. The molecule has 0 fully saturated rings. The zero-order chi connectivity index (χ0) is 9.90. The highest BCUT2D eigenvalue weighted by molar-refractivity contribution is 7.93. The van der Waals surface area contributed by atoms with Crippen LogP contribution in [0.2, 0.25) is 0 Å². The summed E-state index contributed by atoms with van der Waals surface area (Å²) in [6.07, 6.45) is 1.27.